The number of aryl methyl sites for hydroxylation is 2. The van der Waals surface area contributed by atoms with Crippen LogP contribution in [-0.2, 0) is 30.2 Å². The second-order valence-corrected chi connectivity index (χ2v) is 9.01. The van der Waals surface area contributed by atoms with E-state index in [0.717, 1.165) is 10.1 Å². The van der Waals surface area contributed by atoms with Crippen molar-refractivity contribution >= 4 is 52.5 Å². The van der Waals surface area contributed by atoms with E-state index in [0.29, 0.717) is 28.0 Å². The Bertz CT molecular complexity index is 1640. The first kappa shape index (κ1) is 27.0. The molecule has 0 spiro atoms. The number of benzene rings is 2. The molecule has 2 heterocycles. The molecule has 2 aromatic carbocycles. The van der Waals surface area contributed by atoms with E-state index in [4.69, 9.17) is 32.7 Å². The molecule has 0 atom stereocenters. The molecule has 0 unspecified atom stereocenters. The van der Waals surface area contributed by atoms with Gasteiger partial charge in [-0.15, -0.1) is 0 Å². The molecule has 0 fully saturated rings. The number of anilines is 1. The van der Waals surface area contributed by atoms with Crippen molar-refractivity contribution in [3.8, 4) is 5.75 Å². The molecule has 2 aromatic heterocycles. The number of carbonyl (C=O) groups excluding carboxylic acids is 1. The van der Waals surface area contributed by atoms with Gasteiger partial charge < -0.3 is 14.0 Å². The van der Waals surface area contributed by atoms with Crippen molar-refractivity contribution < 1.29 is 14.3 Å². The molecule has 1 N–H and O–H groups in total. The van der Waals surface area contributed by atoms with Gasteiger partial charge >= 0.3 is 11.7 Å². The fourth-order valence-corrected chi connectivity index (χ4v) is 4.13. The molecule has 13 heteroatoms. The lowest BCUT2D eigenvalue weighted by molar-refractivity contribution is -0.145. The third-order valence-electron chi connectivity index (χ3n) is 5.62. The van der Waals surface area contributed by atoms with Crippen LogP contribution in [0, 0.1) is 0 Å². The van der Waals surface area contributed by atoms with E-state index < -0.39 is 17.2 Å². The summed E-state index contributed by atoms with van der Waals surface area (Å²) >= 11 is 12.2. The molecule has 0 saturated heterocycles. The summed E-state index contributed by atoms with van der Waals surface area (Å²) in [5, 5.41) is 5.00. The average Bonchev–Trinajstić information content (AvgIpc) is 3.22. The molecule has 0 bridgehead atoms. The third kappa shape index (κ3) is 5.74. The van der Waals surface area contributed by atoms with E-state index in [2.05, 4.69) is 15.5 Å². The molecule has 4 rings (SSSR count). The number of nitrogens with one attached hydrogen (secondary N) is 1. The van der Waals surface area contributed by atoms with Crippen LogP contribution in [0.25, 0.3) is 11.2 Å². The van der Waals surface area contributed by atoms with Crippen molar-refractivity contribution in [3.05, 3.63) is 84.5 Å². The largest absolute Gasteiger partial charge is 0.482 e. The number of hydrogen-bond acceptors (Lipinski definition) is 8. The first-order chi connectivity index (χ1) is 18.2. The summed E-state index contributed by atoms with van der Waals surface area (Å²) in [5.74, 6) is 0.332. The fraction of sp³-hybridized carbons (Fsp3) is 0.240. The van der Waals surface area contributed by atoms with Crippen molar-refractivity contribution in [2.45, 2.75) is 13.5 Å². The van der Waals surface area contributed by atoms with Crippen LogP contribution in [0.4, 0.5) is 5.95 Å². The third-order valence-corrected chi connectivity index (χ3v) is 6.21. The molecule has 38 heavy (non-hydrogen) atoms. The Balaban J connectivity index is 1.54. The zero-order valence-electron chi connectivity index (χ0n) is 20.8. The predicted molar refractivity (Wildman–Crippen MR) is 146 cm³/mol. The number of hydrazone groups is 1. The quantitative estimate of drug-likeness (QED) is 0.190. The summed E-state index contributed by atoms with van der Waals surface area (Å²) in [6.07, 6.45) is 1.55. The molecule has 0 amide bonds. The minimum Gasteiger partial charge on any atom is -0.482 e. The van der Waals surface area contributed by atoms with Crippen LogP contribution in [0.1, 0.15) is 18.1 Å². The second-order valence-electron chi connectivity index (χ2n) is 8.17. The first-order valence-corrected chi connectivity index (χ1v) is 12.2. The maximum absolute atomic E-state index is 13.3. The highest BCUT2D eigenvalue weighted by molar-refractivity contribution is 6.35. The van der Waals surface area contributed by atoms with Crippen molar-refractivity contribution in [2.24, 2.45) is 19.2 Å². The lowest BCUT2D eigenvalue weighted by Crippen LogP contribution is -2.39. The Morgan fingerprint density at radius 2 is 1.84 bits per heavy atom. The van der Waals surface area contributed by atoms with Gasteiger partial charge in [0.25, 0.3) is 5.56 Å². The van der Waals surface area contributed by atoms with Crippen LogP contribution in [0.5, 0.6) is 5.75 Å². The molecular formula is C25H24Cl2N6O5. The molecule has 198 valence electrons. The maximum Gasteiger partial charge on any atom is 0.344 e. The molecular weight excluding hydrogens is 535 g/mol. The number of aromatic nitrogens is 4. The summed E-state index contributed by atoms with van der Waals surface area (Å²) < 4.78 is 14.1. The number of ether oxygens (including phenoxy) is 2. The van der Waals surface area contributed by atoms with Gasteiger partial charge in [0.15, 0.2) is 17.8 Å². The standard InChI is InChI=1S/C25H24Cl2N6O5/c1-4-37-20(34)14-38-18-9-5-15(6-10-18)12-28-30-24-29-22-21(31(24)2)23(35)33(25(36)32(22)3)13-16-7-8-17(26)11-19(16)27/h5-12H,4,13-14H2,1-3H3,(H,29,30)/b28-12-. The van der Waals surface area contributed by atoms with Gasteiger partial charge in [-0.3, -0.25) is 13.9 Å². The first-order valence-electron chi connectivity index (χ1n) is 11.5. The van der Waals surface area contributed by atoms with Crippen molar-refractivity contribution in [2.75, 3.05) is 18.6 Å². The van der Waals surface area contributed by atoms with Gasteiger partial charge in [-0.25, -0.2) is 15.0 Å². The highest BCUT2D eigenvalue weighted by Crippen LogP contribution is 2.21. The van der Waals surface area contributed by atoms with E-state index in [9.17, 15) is 14.4 Å². The Kier molecular flexibility index (Phi) is 8.18. The summed E-state index contributed by atoms with van der Waals surface area (Å²) in [6.45, 7) is 1.82. The molecule has 0 radical (unpaired) electrons. The molecule has 4 aromatic rings. The average molecular weight is 559 g/mol. The molecule has 0 aliphatic rings. The molecule has 0 saturated carbocycles. The number of halogens is 2. The Morgan fingerprint density at radius 1 is 1.11 bits per heavy atom. The van der Waals surface area contributed by atoms with Crippen LogP contribution in [-0.4, -0.2) is 44.1 Å². The lowest BCUT2D eigenvalue weighted by atomic mass is 10.2. The lowest BCUT2D eigenvalue weighted by Gasteiger charge is -2.10. The Morgan fingerprint density at radius 3 is 2.53 bits per heavy atom. The number of hydrogen-bond donors (Lipinski definition) is 1. The van der Waals surface area contributed by atoms with E-state index >= 15 is 0 Å². The second kappa shape index (κ2) is 11.5. The Labute approximate surface area is 226 Å². The van der Waals surface area contributed by atoms with Gasteiger partial charge in [-0.1, -0.05) is 29.3 Å². The molecule has 11 nitrogen and oxygen atoms in total. The number of carbonyl (C=O) groups is 1. The minimum atomic E-state index is -0.535. The summed E-state index contributed by atoms with van der Waals surface area (Å²) in [7, 11) is 3.18. The van der Waals surface area contributed by atoms with Gasteiger partial charge in [0.1, 0.15) is 5.75 Å². The predicted octanol–water partition coefficient (Wildman–Crippen LogP) is 3.18. The van der Waals surface area contributed by atoms with Crippen LogP contribution in [0.15, 0.2) is 57.2 Å². The van der Waals surface area contributed by atoms with E-state index in [-0.39, 0.29) is 30.3 Å². The van der Waals surface area contributed by atoms with Crippen LogP contribution in [0.2, 0.25) is 10.0 Å². The molecule has 0 aliphatic carbocycles. The van der Waals surface area contributed by atoms with Crippen LogP contribution >= 0.6 is 23.2 Å². The highest BCUT2D eigenvalue weighted by atomic mass is 35.5. The van der Waals surface area contributed by atoms with Gasteiger partial charge in [0.05, 0.1) is 19.4 Å². The number of fused-ring (bicyclic) bond motifs is 1. The monoisotopic (exact) mass is 558 g/mol. The van der Waals surface area contributed by atoms with Crippen molar-refractivity contribution in [3.63, 3.8) is 0 Å². The number of imidazole rings is 1. The van der Waals surface area contributed by atoms with Gasteiger partial charge in [0, 0.05) is 24.1 Å². The maximum atomic E-state index is 13.3. The number of nitrogens with zero attached hydrogens (tertiary/aromatic N) is 5. The fourth-order valence-electron chi connectivity index (χ4n) is 3.66. The number of rotatable bonds is 9. The van der Waals surface area contributed by atoms with Crippen LogP contribution < -0.4 is 21.4 Å². The van der Waals surface area contributed by atoms with Crippen LogP contribution in [0.3, 0.4) is 0 Å². The highest BCUT2D eigenvalue weighted by Gasteiger charge is 2.19. The van der Waals surface area contributed by atoms with Gasteiger partial charge in [0.2, 0.25) is 5.95 Å². The zero-order valence-corrected chi connectivity index (χ0v) is 22.3. The topological polar surface area (TPSA) is 122 Å². The van der Waals surface area contributed by atoms with Crippen molar-refractivity contribution in [1.29, 1.82) is 0 Å². The van der Waals surface area contributed by atoms with E-state index in [1.165, 1.54) is 16.2 Å². The normalized spacial score (nSPS) is 11.3. The smallest absolute Gasteiger partial charge is 0.344 e. The summed E-state index contributed by atoms with van der Waals surface area (Å²) in [5.41, 5.74) is 3.51. The minimum absolute atomic E-state index is 0.0248. The zero-order chi connectivity index (χ0) is 27.4. The summed E-state index contributed by atoms with van der Waals surface area (Å²) in [4.78, 5) is 42.1. The van der Waals surface area contributed by atoms with E-state index in [1.807, 2.05) is 0 Å². The number of esters is 1. The SMILES string of the molecule is CCOC(=O)COc1ccc(/C=N\Nc2nc3c(c(=O)n(Cc4ccc(Cl)cc4Cl)c(=O)n3C)n2C)cc1. The molecule has 0 aliphatic heterocycles. The van der Waals surface area contributed by atoms with Crippen molar-refractivity contribution in [1.82, 2.24) is 18.7 Å². The van der Waals surface area contributed by atoms with Gasteiger partial charge in [-0.05, 0) is 54.4 Å². The Hall–Kier alpha value is -4.09. The summed E-state index contributed by atoms with van der Waals surface area (Å²) in [6, 6.07) is 11.8. The van der Waals surface area contributed by atoms with E-state index in [1.54, 1.807) is 62.7 Å². The van der Waals surface area contributed by atoms with Gasteiger partial charge in [-0.2, -0.15) is 10.1 Å².